The van der Waals surface area contributed by atoms with Crippen molar-refractivity contribution in [3.63, 3.8) is 0 Å². The van der Waals surface area contributed by atoms with Crippen molar-refractivity contribution in [1.82, 2.24) is 25.3 Å². The Bertz CT molecular complexity index is 1500. The van der Waals surface area contributed by atoms with Gasteiger partial charge in [0.25, 0.3) is 5.91 Å². The fourth-order valence-corrected chi connectivity index (χ4v) is 5.95. The molecule has 1 unspecified atom stereocenters. The number of rotatable bonds is 6. The Morgan fingerprint density at radius 2 is 1.97 bits per heavy atom. The van der Waals surface area contributed by atoms with E-state index in [1.165, 1.54) is 0 Å². The van der Waals surface area contributed by atoms with Crippen LogP contribution in [-0.4, -0.2) is 44.4 Å². The Labute approximate surface area is 221 Å². The number of aryl methyl sites for hydroxylation is 1. The van der Waals surface area contributed by atoms with Crippen LogP contribution in [0, 0.1) is 43.9 Å². The molecule has 2 amide bonds. The van der Waals surface area contributed by atoms with E-state index in [2.05, 4.69) is 32.7 Å². The predicted octanol–water partition coefficient (Wildman–Crippen LogP) is 3.74. The number of anilines is 1. The number of fused-ring (bicyclic) bond motifs is 1. The first-order valence-electron chi connectivity index (χ1n) is 13.3. The third kappa shape index (κ3) is 4.05. The molecule has 1 aromatic carbocycles. The van der Waals surface area contributed by atoms with Gasteiger partial charge in [-0.1, -0.05) is 22.9 Å². The molecule has 2 aliphatic carbocycles. The Morgan fingerprint density at radius 3 is 2.68 bits per heavy atom. The highest BCUT2D eigenvalue weighted by Gasteiger charge is 2.53. The summed E-state index contributed by atoms with van der Waals surface area (Å²) in [5.41, 5.74) is 6.21. The van der Waals surface area contributed by atoms with Crippen LogP contribution in [0.3, 0.4) is 0 Å². The topological polar surface area (TPSA) is 117 Å². The lowest BCUT2D eigenvalue weighted by molar-refractivity contribution is -0.118. The summed E-state index contributed by atoms with van der Waals surface area (Å²) in [4.78, 5) is 31.9. The van der Waals surface area contributed by atoms with Crippen LogP contribution in [0.15, 0.2) is 30.6 Å². The van der Waals surface area contributed by atoms with E-state index >= 15 is 0 Å². The van der Waals surface area contributed by atoms with Gasteiger partial charge in [-0.25, -0.2) is 9.67 Å². The molecule has 2 aromatic heterocycles. The molecule has 194 valence electrons. The molecule has 6 rings (SSSR count). The zero-order valence-corrected chi connectivity index (χ0v) is 22.1. The second-order valence-corrected chi connectivity index (χ2v) is 11.1. The molecule has 9 heteroatoms. The SMILES string of the molecule is Cc1ccc(C#N)c(C2CC(NC(=O)c3cn(C(C)c4cnc(N5C[C@H]6C[C@H]6C5=O)c(C)c4C)nn3)C2)c1. The molecule has 9 nitrogen and oxygen atoms in total. The van der Waals surface area contributed by atoms with Crippen LogP contribution >= 0.6 is 0 Å². The highest BCUT2D eigenvalue weighted by atomic mass is 16.2. The van der Waals surface area contributed by atoms with Crippen molar-refractivity contribution in [2.24, 2.45) is 11.8 Å². The highest BCUT2D eigenvalue weighted by molar-refractivity contribution is 5.99. The second kappa shape index (κ2) is 9.05. The van der Waals surface area contributed by atoms with E-state index in [0.717, 1.165) is 59.4 Å². The molecule has 2 saturated carbocycles. The zero-order valence-electron chi connectivity index (χ0n) is 22.1. The van der Waals surface area contributed by atoms with Gasteiger partial charge in [0.05, 0.1) is 23.9 Å². The summed E-state index contributed by atoms with van der Waals surface area (Å²) in [5.74, 6) is 1.66. The van der Waals surface area contributed by atoms with Crippen molar-refractivity contribution in [2.75, 3.05) is 11.4 Å². The maximum atomic E-state index is 12.9. The van der Waals surface area contributed by atoms with Gasteiger partial charge in [0.1, 0.15) is 5.82 Å². The number of hydrogen-bond donors (Lipinski definition) is 1. The normalized spacial score (nSPS) is 24.4. The summed E-state index contributed by atoms with van der Waals surface area (Å²) in [5, 5.41) is 20.9. The van der Waals surface area contributed by atoms with Gasteiger partial charge in [0.2, 0.25) is 5.91 Å². The van der Waals surface area contributed by atoms with Crippen molar-refractivity contribution in [3.8, 4) is 6.07 Å². The van der Waals surface area contributed by atoms with Gasteiger partial charge in [-0.3, -0.25) is 14.5 Å². The van der Waals surface area contributed by atoms with Crippen LogP contribution in [0.5, 0.6) is 0 Å². The quantitative estimate of drug-likeness (QED) is 0.541. The molecule has 1 N–H and O–H groups in total. The lowest BCUT2D eigenvalue weighted by Crippen LogP contribution is -2.43. The smallest absolute Gasteiger partial charge is 0.273 e. The molecule has 3 aliphatic rings. The lowest BCUT2D eigenvalue weighted by atomic mass is 9.74. The predicted molar refractivity (Wildman–Crippen MR) is 141 cm³/mol. The van der Waals surface area contributed by atoms with Gasteiger partial charge in [-0.15, -0.1) is 5.10 Å². The van der Waals surface area contributed by atoms with Crippen molar-refractivity contribution in [3.05, 3.63) is 69.7 Å². The first-order chi connectivity index (χ1) is 18.2. The highest BCUT2D eigenvalue weighted by Crippen LogP contribution is 2.47. The summed E-state index contributed by atoms with van der Waals surface area (Å²) in [6.07, 6.45) is 6.10. The van der Waals surface area contributed by atoms with Crippen LogP contribution in [0.25, 0.3) is 0 Å². The summed E-state index contributed by atoms with van der Waals surface area (Å²) in [7, 11) is 0. The minimum absolute atomic E-state index is 0.0445. The Balaban J connectivity index is 1.11. The van der Waals surface area contributed by atoms with Crippen LogP contribution in [0.2, 0.25) is 0 Å². The van der Waals surface area contributed by atoms with Crippen molar-refractivity contribution >= 4 is 17.6 Å². The van der Waals surface area contributed by atoms with Crippen LogP contribution in [0.4, 0.5) is 5.82 Å². The number of pyridine rings is 1. The average molecular weight is 510 g/mol. The fourth-order valence-electron chi connectivity index (χ4n) is 5.95. The minimum atomic E-state index is -0.246. The molecule has 0 spiro atoms. The number of hydrogen-bond acceptors (Lipinski definition) is 6. The second-order valence-electron chi connectivity index (χ2n) is 11.1. The van der Waals surface area contributed by atoms with Gasteiger partial charge in [0, 0.05) is 24.7 Å². The van der Waals surface area contributed by atoms with Gasteiger partial charge in [-0.2, -0.15) is 5.26 Å². The van der Waals surface area contributed by atoms with E-state index in [-0.39, 0.29) is 41.4 Å². The van der Waals surface area contributed by atoms with Crippen molar-refractivity contribution in [1.29, 1.82) is 5.26 Å². The lowest BCUT2D eigenvalue weighted by Gasteiger charge is -2.36. The fraction of sp³-hybridized carbons (Fsp3) is 0.448. The number of carbonyl (C=O) groups is 2. The maximum Gasteiger partial charge on any atom is 0.273 e. The van der Waals surface area contributed by atoms with E-state index in [1.807, 2.05) is 50.9 Å². The Hall–Kier alpha value is -4.06. The number of nitrogens with one attached hydrogen (secondary N) is 1. The number of carbonyl (C=O) groups excluding carboxylic acids is 2. The number of aromatic nitrogens is 4. The first kappa shape index (κ1) is 24.3. The summed E-state index contributed by atoms with van der Waals surface area (Å²) in [6, 6.07) is 8.05. The van der Waals surface area contributed by atoms with E-state index in [9.17, 15) is 14.9 Å². The number of nitrogens with zero attached hydrogens (tertiary/aromatic N) is 6. The van der Waals surface area contributed by atoms with Crippen molar-refractivity contribution in [2.45, 2.75) is 65.0 Å². The number of amides is 2. The van der Waals surface area contributed by atoms with Gasteiger partial charge < -0.3 is 5.32 Å². The number of nitriles is 1. The average Bonchev–Trinajstić information content (AvgIpc) is 3.33. The molecule has 1 saturated heterocycles. The summed E-state index contributed by atoms with van der Waals surface area (Å²) < 4.78 is 1.68. The molecule has 3 heterocycles. The maximum absolute atomic E-state index is 12.9. The van der Waals surface area contributed by atoms with E-state index < -0.39 is 0 Å². The van der Waals surface area contributed by atoms with Crippen LogP contribution < -0.4 is 10.2 Å². The molecule has 0 radical (unpaired) electrons. The van der Waals surface area contributed by atoms with Gasteiger partial charge in [-0.05, 0) is 87.1 Å². The van der Waals surface area contributed by atoms with Gasteiger partial charge >= 0.3 is 0 Å². The molecular weight excluding hydrogens is 478 g/mol. The van der Waals surface area contributed by atoms with Gasteiger partial charge in [0.15, 0.2) is 5.69 Å². The Morgan fingerprint density at radius 1 is 1.18 bits per heavy atom. The Kier molecular flexibility index (Phi) is 5.78. The molecule has 3 atom stereocenters. The van der Waals surface area contributed by atoms with Crippen LogP contribution in [0.1, 0.15) is 82.0 Å². The van der Waals surface area contributed by atoms with E-state index in [1.54, 1.807) is 10.9 Å². The number of benzene rings is 1. The molecule has 0 bridgehead atoms. The van der Waals surface area contributed by atoms with Crippen LogP contribution in [-0.2, 0) is 4.79 Å². The third-order valence-corrected chi connectivity index (χ3v) is 8.67. The molecule has 3 fully saturated rings. The molecular formula is C29H31N7O2. The molecule has 1 aliphatic heterocycles. The molecule has 38 heavy (non-hydrogen) atoms. The number of piperidine rings is 1. The largest absolute Gasteiger partial charge is 0.348 e. The molecule has 3 aromatic rings. The standard InChI is InChI=1S/C29H31N7O2/c1-15-5-6-19(11-30)23(7-15)20-8-22(9-20)32-28(37)26-14-36(34-33-26)18(4)25-12-31-27(17(3)16(25)2)35-13-21-10-24(21)29(35)38/h5-7,12,14,18,20-22,24H,8-10,13H2,1-4H3,(H,32,37)/t18?,20?,21-,22?,24-/m1/s1. The van der Waals surface area contributed by atoms with E-state index in [0.29, 0.717) is 11.5 Å². The zero-order chi connectivity index (χ0) is 26.7. The summed E-state index contributed by atoms with van der Waals surface area (Å²) in [6.45, 7) is 8.83. The third-order valence-electron chi connectivity index (χ3n) is 8.67. The first-order valence-corrected chi connectivity index (χ1v) is 13.3. The monoisotopic (exact) mass is 509 g/mol. The minimum Gasteiger partial charge on any atom is -0.348 e. The summed E-state index contributed by atoms with van der Waals surface area (Å²) >= 11 is 0. The van der Waals surface area contributed by atoms with E-state index in [4.69, 9.17) is 0 Å². The van der Waals surface area contributed by atoms with Crippen molar-refractivity contribution < 1.29 is 9.59 Å².